The van der Waals surface area contributed by atoms with Crippen molar-refractivity contribution in [2.24, 2.45) is 0 Å². The van der Waals surface area contributed by atoms with Gasteiger partial charge in [-0.05, 0) is 30.3 Å². The molecule has 0 saturated carbocycles. The second-order valence-electron chi connectivity index (χ2n) is 6.68. The molecule has 1 N–H and O–H groups in total. The number of para-hydroxylation sites is 1. The minimum absolute atomic E-state index is 0.0903. The summed E-state index contributed by atoms with van der Waals surface area (Å²) >= 11 is 13.9. The molecule has 0 atom stereocenters. The van der Waals surface area contributed by atoms with Gasteiger partial charge in [-0.1, -0.05) is 46.7 Å². The lowest BCUT2D eigenvalue weighted by molar-refractivity contribution is 0.0948. The van der Waals surface area contributed by atoms with E-state index in [-0.39, 0.29) is 5.91 Å². The number of nitrogens with one attached hydrogen (secondary N) is 1. The van der Waals surface area contributed by atoms with Crippen LogP contribution in [0, 0.1) is 0 Å². The maximum Gasteiger partial charge on any atom is 0.251 e. The average Bonchev–Trinajstić information content (AvgIpc) is 3.14. The first kappa shape index (κ1) is 19.5. The largest absolute Gasteiger partial charge is 0.351 e. The molecule has 0 unspecified atom stereocenters. The Morgan fingerprint density at radius 2 is 1.89 bits per heavy atom. The van der Waals surface area contributed by atoms with Crippen LogP contribution in [-0.4, -0.2) is 55.1 Å². The van der Waals surface area contributed by atoms with Crippen molar-refractivity contribution < 1.29 is 4.79 Å². The molecule has 2 heterocycles. The van der Waals surface area contributed by atoms with Crippen molar-refractivity contribution in [3.8, 4) is 0 Å². The Labute approximate surface area is 177 Å². The predicted molar refractivity (Wildman–Crippen MR) is 117 cm³/mol. The maximum absolute atomic E-state index is 12.2. The molecule has 8 heteroatoms. The van der Waals surface area contributed by atoms with Crippen LogP contribution in [0.25, 0.3) is 10.2 Å². The Kier molecular flexibility index (Phi) is 6.01. The zero-order valence-electron chi connectivity index (χ0n) is 15.2. The molecule has 146 valence electrons. The Hall–Kier alpha value is -1.86. The second kappa shape index (κ2) is 8.66. The lowest BCUT2D eigenvalue weighted by Crippen LogP contribution is -2.48. The highest BCUT2D eigenvalue weighted by atomic mass is 35.5. The number of aromatic nitrogens is 1. The van der Waals surface area contributed by atoms with Crippen LogP contribution in [-0.2, 0) is 0 Å². The summed E-state index contributed by atoms with van der Waals surface area (Å²) in [5.74, 6) is -0.0903. The van der Waals surface area contributed by atoms with Gasteiger partial charge in [0.15, 0.2) is 5.13 Å². The quantitative estimate of drug-likeness (QED) is 0.654. The first-order valence-electron chi connectivity index (χ1n) is 9.16. The third-order valence-corrected chi connectivity index (χ3v) is 6.42. The fraction of sp³-hybridized carbons (Fsp3) is 0.300. The molecule has 1 aliphatic heterocycles. The molecule has 2 aromatic carbocycles. The standard InChI is InChI=1S/C20H20Cl2N4OS/c21-15-4-1-3-14(13-15)19(27)23-7-8-25-9-11-26(12-10-25)20-24-18-16(22)5-2-6-17(18)28-20/h1-6,13H,7-12H2,(H,23,27). The molecule has 28 heavy (non-hydrogen) atoms. The summed E-state index contributed by atoms with van der Waals surface area (Å²) in [6.07, 6.45) is 0. The smallest absolute Gasteiger partial charge is 0.251 e. The van der Waals surface area contributed by atoms with E-state index in [0.29, 0.717) is 22.2 Å². The molecule has 1 fully saturated rings. The normalized spacial score (nSPS) is 15.1. The molecule has 1 aromatic heterocycles. The van der Waals surface area contributed by atoms with E-state index in [2.05, 4.69) is 21.2 Å². The molecule has 0 radical (unpaired) electrons. The van der Waals surface area contributed by atoms with Crippen molar-refractivity contribution in [3.05, 3.63) is 58.1 Å². The number of rotatable bonds is 5. The highest BCUT2D eigenvalue weighted by Gasteiger charge is 2.20. The fourth-order valence-corrected chi connectivity index (χ4v) is 4.77. The zero-order chi connectivity index (χ0) is 19.5. The number of hydrogen-bond acceptors (Lipinski definition) is 5. The molecule has 1 saturated heterocycles. The number of amides is 1. The summed E-state index contributed by atoms with van der Waals surface area (Å²) in [4.78, 5) is 21.6. The van der Waals surface area contributed by atoms with Crippen LogP contribution in [0.15, 0.2) is 42.5 Å². The van der Waals surface area contributed by atoms with Crippen molar-refractivity contribution in [2.45, 2.75) is 0 Å². The minimum atomic E-state index is -0.0903. The topological polar surface area (TPSA) is 48.5 Å². The van der Waals surface area contributed by atoms with E-state index in [9.17, 15) is 4.79 Å². The summed E-state index contributed by atoms with van der Waals surface area (Å²) in [6, 6.07) is 12.9. The maximum atomic E-state index is 12.2. The fourth-order valence-electron chi connectivity index (χ4n) is 3.26. The van der Waals surface area contributed by atoms with Crippen molar-refractivity contribution in [1.29, 1.82) is 0 Å². The van der Waals surface area contributed by atoms with E-state index >= 15 is 0 Å². The summed E-state index contributed by atoms with van der Waals surface area (Å²) in [6.45, 7) is 5.15. The third-order valence-electron chi connectivity index (χ3n) is 4.80. The van der Waals surface area contributed by atoms with Gasteiger partial charge in [0.05, 0.1) is 9.72 Å². The summed E-state index contributed by atoms with van der Waals surface area (Å²) in [5, 5.41) is 5.26. The van der Waals surface area contributed by atoms with E-state index in [1.165, 1.54) is 0 Å². The highest BCUT2D eigenvalue weighted by Crippen LogP contribution is 2.33. The summed E-state index contributed by atoms with van der Waals surface area (Å²) < 4.78 is 1.12. The predicted octanol–water partition coefficient (Wildman–Crippen LogP) is 4.16. The van der Waals surface area contributed by atoms with Crippen molar-refractivity contribution in [3.63, 3.8) is 0 Å². The molecule has 1 amide bonds. The monoisotopic (exact) mass is 434 g/mol. The molecule has 3 aromatic rings. The Balaban J connectivity index is 1.26. The van der Waals surface area contributed by atoms with Crippen LogP contribution in [0.2, 0.25) is 10.0 Å². The highest BCUT2D eigenvalue weighted by molar-refractivity contribution is 7.22. The number of fused-ring (bicyclic) bond motifs is 1. The van der Waals surface area contributed by atoms with Gasteiger partial charge in [-0.25, -0.2) is 4.98 Å². The first-order valence-corrected chi connectivity index (χ1v) is 10.7. The molecular weight excluding hydrogens is 415 g/mol. The Bertz CT molecular complexity index is 985. The first-order chi connectivity index (χ1) is 13.6. The Morgan fingerprint density at radius 3 is 2.64 bits per heavy atom. The van der Waals surface area contributed by atoms with Gasteiger partial charge in [-0.3, -0.25) is 9.69 Å². The number of halogens is 2. The van der Waals surface area contributed by atoms with Gasteiger partial charge in [0.25, 0.3) is 5.91 Å². The van der Waals surface area contributed by atoms with Gasteiger partial charge < -0.3 is 10.2 Å². The van der Waals surface area contributed by atoms with Crippen LogP contribution < -0.4 is 10.2 Å². The molecule has 0 aliphatic carbocycles. The number of carbonyl (C=O) groups excluding carboxylic acids is 1. The van der Waals surface area contributed by atoms with Gasteiger partial charge in [0, 0.05) is 49.9 Å². The van der Waals surface area contributed by atoms with E-state index < -0.39 is 0 Å². The van der Waals surface area contributed by atoms with E-state index in [0.717, 1.165) is 48.1 Å². The van der Waals surface area contributed by atoms with Crippen molar-refractivity contribution >= 4 is 55.8 Å². The van der Waals surface area contributed by atoms with Gasteiger partial charge in [0.1, 0.15) is 5.52 Å². The zero-order valence-corrected chi connectivity index (χ0v) is 17.5. The van der Waals surface area contributed by atoms with E-state index in [1.54, 1.807) is 35.6 Å². The Morgan fingerprint density at radius 1 is 1.11 bits per heavy atom. The van der Waals surface area contributed by atoms with Gasteiger partial charge in [0.2, 0.25) is 0 Å². The lowest BCUT2D eigenvalue weighted by atomic mass is 10.2. The van der Waals surface area contributed by atoms with Crippen LogP contribution in [0.1, 0.15) is 10.4 Å². The minimum Gasteiger partial charge on any atom is -0.351 e. The molecule has 0 bridgehead atoms. The van der Waals surface area contributed by atoms with Crippen LogP contribution >= 0.6 is 34.5 Å². The molecular formula is C20H20Cl2N4OS. The summed E-state index contributed by atoms with van der Waals surface area (Å²) in [7, 11) is 0. The van der Waals surface area contributed by atoms with Gasteiger partial charge in [-0.15, -0.1) is 0 Å². The average molecular weight is 435 g/mol. The molecule has 1 aliphatic rings. The van der Waals surface area contributed by atoms with Crippen LogP contribution in [0.4, 0.5) is 5.13 Å². The molecule has 5 nitrogen and oxygen atoms in total. The number of anilines is 1. The summed E-state index contributed by atoms with van der Waals surface area (Å²) in [5.41, 5.74) is 1.47. The molecule has 4 rings (SSSR count). The van der Waals surface area contributed by atoms with Crippen molar-refractivity contribution in [1.82, 2.24) is 15.2 Å². The van der Waals surface area contributed by atoms with Crippen LogP contribution in [0.3, 0.4) is 0 Å². The third kappa shape index (κ3) is 4.41. The lowest BCUT2D eigenvalue weighted by Gasteiger charge is -2.34. The second-order valence-corrected chi connectivity index (χ2v) is 8.53. The SMILES string of the molecule is O=C(NCCN1CCN(c2nc3c(Cl)cccc3s2)CC1)c1cccc(Cl)c1. The number of nitrogens with zero attached hydrogens (tertiary/aromatic N) is 3. The number of piperazine rings is 1. The van der Waals surface area contributed by atoms with Crippen LogP contribution in [0.5, 0.6) is 0 Å². The number of hydrogen-bond donors (Lipinski definition) is 1. The van der Waals surface area contributed by atoms with E-state index in [4.69, 9.17) is 28.2 Å². The number of thiazole rings is 1. The van der Waals surface area contributed by atoms with Gasteiger partial charge >= 0.3 is 0 Å². The van der Waals surface area contributed by atoms with Crippen molar-refractivity contribution in [2.75, 3.05) is 44.2 Å². The van der Waals surface area contributed by atoms with E-state index in [1.807, 2.05) is 12.1 Å². The molecule has 0 spiro atoms. The number of benzene rings is 2. The number of carbonyl (C=O) groups is 1. The van der Waals surface area contributed by atoms with Gasteiger partial charge in [-0.2, -0.15) is 0 Å².